The van der Waals surface area contributed by atoms with Gasteiger partial charge in [0.25, 0.3) is 17.7 Å². The van der Waals surface area contributed by atoms with E-state index in [1.807, 2.05) is 20.8 Å². The number of rotatable bonds is 6. The first-order valence-electron chi connectivity index (χ1n) is 9.87. The minimum atomic E-state index is -0.740. The third kappa shape index (κ3) is 5.57. The zero-order valence-electron chi connectivity index (χ0n) is 18.0. The second-order valence-corrected chi connectivity index (χ2v) is 8.49. The van der Waals surface area contributed by atoms with Gasteiger partial charge in [-0.25, -0.2) is 9.37 Å². The second-order valence-electron chi connectivity index (χ2n) is 8.49. The molecule has 4 N–H and O–H groups in total. The molecule has 0 atom stereocenters. The normalized spacial score (nSPS) is 11.1. The van der Waals surface area contributed by atoms with Gasteiger partial charge in [0.2, 0.25) is 0 Å². The molecule has 0 spiro atoms. The fraction of sp³-hybridized carbons (Fsp3) is 0.217. The number of halogens is 1. The van der Waals surface area contributed by atoms with Gasteiger partial charge in [-0.05, 0) is 53.9 Å². The zero-order valence-corrected chi connectivity index (χ0v) is 18.0. The van der Waals surface area contributed by atoms with Crippen LogP contribution in [-0.4, -0.2) is 27.3 Å². The molecule has 9 heteroatoms. The molecule has 3 rings (SSSR count). The quantitative estimate of drug-likeness (QED) is 0.545. The van der Waals surface area contributed by atoms with Gasteiger partial charge < -0.3 is 20.9 Å². The van der Waals surface area contributed by atoms with Gasteiger partial charge in [-0.1, -0.05) is 20.8 Å². The lowest BCUT2D eigenvalue weighted by Crippen LogP contribution is -2.25. The second kappa shape index (κ2) is 9.01. The van der Waals surface area contributed by atoms with E-state index in [1.54, 1.807) is 28.8 Å². The smallest absolute Gasteiger partial charge is 0.276 e. The number of anilines is 2. The fourth-order valence-corrected chi connectivity index (χ4v) is 3.07. The van der Waals surface area contributed by atoms with Crippen molar-refractivity contribution >= 4 is 29.1 Å². The van der Waals surface area contributed by atoms with Crippen molar-refractivity contribution in [2.75, 3.05) is 10.6 Å². The Morgan fingerprint density at radius 3 is 1.97 bits per heavy atom. The highest BCUT2D eigenvalue weighted by Gasteiger charge is 2.24. The van der Waals surface area contributed by atoms with Crippen molar-refractivity contribution < 1.29 is 18.8 Å². The van der Waals surface area contributed by atoms with Crippen LogP contribution in [-0.2, 0) is 6.54 Å². The Bertz CT molecular complexity index is 1150. The summed E-state index contributed by atoms with van der Waals surface area (Å²) in [4.78, 5) is 40.9. The summed E-state index contributed by atoms with van der Waals surface area (Å²) in [5.41, 5.74) is 6.57. The standard InChI is InChI=1S/C23H24FN5O3/c1-23(2,3)12-29-13-26-18(19(29)20(25)30)22(32)28-17-10-8-16(9-11-17)27-21(31)14-4-6-15(24)7-5-14/h4-11,13H,12H2,1-3H3,(H2,25,30)(H,27,31)(H,28,32). The summed E-state index contributed by atoms with van der Waals surface area (Å²) in [6.45, 7) is 6.45. The van der Waals surface area contributed by atoms with Gasteiger partial charge in [-0.15, -0.1) is 0 Å². The van der Waals surface area contributed by atoms with Crippen LogP contribution in [0.5, 0.6) is 0 Å². The molecule has 8 nitrogen and oxygen atoms in total. The molecule has 166 valence electrons. The number of nitrogens with one attached hydrogen (secondary N) is 2. The highest BCUT2D eigenvalue weighted by atomic mass is 19.1. The molecule has 0 aliphatic carbocycles. The van der Waals surface area contributed by atoms with Crippen LogP contribution < -0.4 is 16.4 Å². The summed E-state index contributed by atoms with van der Waals surface area (Å²) >= 11 is 0. The third-order valence-corrected chi connectivity index (χ3v) is 4.44. The number of imidazole rings is 1. The highest BCUT2D eigenvalue weighted by molar-refractivity contribution is 6.10. The molecule has 0 saturated heterocycles. The average molecular weight is 437 g/mol. The number of amides is 3. The first-order chi connectivity index (χ1) is 15.0. The first-order valence-corrected chi connectivity index (χ1v) is 9.87. The molecule has 32 heavy (non-hydrogen) atoms. The summed E-state index contributed by atoms with van der Waals surface area (Å²) in [5.74, 6) is -2.13. The first kappa shape index (κ1) is 22.7. The van der Waals surface area contributed by atoms with Crippen molar-refractivity contribution in [3.05, 3.63) is 77.6 Å². The van der Waals surface area contributed by atoms with E-state index in [1.165, 1.54) is 30.6 Å². The molecule has 0 fully saturated rings. The molecule has 0 saturated carbocycles. The number of nitrogens with zero attached hydrogens (tertiary/aromatic N) is 2. The summed E-state index contributed by atoms with van der Waals surface area (Å²) in [5, 5.41) is 5.36. The molecule has 3 aromatic rings. The van der Waals surface area contributed by atoms with Crippen LogP contribution >= 0.6 is 0 Å². The molecule has 0 bridgehead atoms. The highest BCUT2D eigenvalue weighted by Crippen LogP contribution is 2.20. The van der Waals surface area contributed by atoms with Gasteiger partial charge in [-0.2, -0.15) is 0 Å². The van der Waals surface area contributed by atoms with E-state index in [0.29, 0.717) is 23.5 Å². The Labute approximate surface area is 184 Å². The molecule has 0 unspecified atom stereocenters. The van der Waals surface area contributed by atoms with E-state index >= 15 is 0 Å². The lowest BCUT2D eigenvalue weighted by atomic mass is 9.97. The van der Waals surface area contributed by atoms with Crippen LogP contribution in [0, 0.1) is 11.2 Å². The number of primary amides is 1. The lowest BCUT2D eigenvalue weighted by molar-refractivity contribution is 0.0966. The van der Waals surface area contributed by atoms with E-state index < -0.39 is 23.5 Å². The van der Waals surface area contributed by atoms with Crippen LogP contribution in [0.3, 0.4) is 0 Å². The van der Waals surface area contributed by atoms with Crippen molar-refractivity contribution in [3.63, 3.8) is 0 Å². The van der Waals surface area contributed by atoms with Crippen molar-refractivity contribution in [1.29, 1.82) is 0 Å². The number of hydrogen-bond acceptors (Lipinski definition) is 4. The molecular formula is C23H24FN5O3. The fourth-order valence-electron chi connectivity index (χ4n) is 3.07. The maximum Gasteiger partial charge on any atom is 0.276 e. The molecule has 1 heterocycles. The molecular weight excluding hydrogens is 413 g/mol. The van der Waals surface area contributed by atoms with Gasteiger partial charge in [0.05, 0.1) is 6.33 Å². The lowest BCUT2D eigenvalue weighted by Gasteiger charge is -2.19. The number of carbonyl (C=O) groups excluding carboxylic acids is 3. The van der Waals surface area contributed by atoms with Crippen molar-refractivity contribution in [2.45, 2.75) is 27.3 Å². The van der Waals surface area contributed by atoms with E-state index in [-0.39, 0.29) is 16.8 Å². The van der Waals surface area contributed by atoms with Gasteiger partial charge in [0, 0.05) is 23.5 Å². The topological polar surface area (TPSA) is 119 Å². The predicted octanol–water partition coefficient (Wildman–Crippen LogP) is 3.67. The maximum absolute atomic E-state index is 13.0. The Morgan fingerprint density at radius 2 is 1.47 bits per heavy atom. The van der Waals surface area contributed by atoms with Crippen LogP contribution in [0.4, 0.5) is 15.8 Å². The number of aromatic nitrogens is 2. The van der Waals surface area contributed by atoms with Gasteiger partial charge in [0.15, 0.2) is 5.69 Å². The summed E-state index contributed by atoms with van der Waals surface area (Å²) in [6, 6.07) is 11.6. The Hall–Kier alpha value is -4.01. The van der Waals surface area contributed by atoms with Gasteiger partial charge in [-0.3, -0.25) is 14.4 Å². The SMILES string of the molecule is CC(C)(C)Cn1cnc(C(=O)Nc2ccc(NC(=O)c3ccc(F)cc3)cc2)c1C(N)=O. The molecule has 0 aliphatic rings. The van der Waals surface area contributed by atoms with E-state index in [0.717, 1.165) is 0 Å². The Kier molecular flexibility index (Phi) is 6.38. The van der Waals surface area contributed by atoms with E-state index in [4.69, 9.17) is 5.73 Å². The zero-order chi connectivity index (χ0) is 23.5. The molecule has 2 aromatic carbocycles. The van der Waals surface area contributed by atoms with Crippen LogP contribution in [0.1, 0.15) is 52.1 Å². The van der Waals surface area contributed by atoms with Crippen molar-refractivity contribution in [3.8, 4) is 0 Å². The number of nitrogens with two attached hydrogens (primary N) is 1. The van der Waals surface area contributed by atoms with Crippen LogP contribution in [0.25, 0.3) is 0 Å². The molecule has 3 amide bonds. The van der Waals surface area contributed by atoms with E-state index in [2.05, 4.69) is 15.6 Å². The molecule has 0 aliphatic heterocycles. The van der Waals surface area contributed by atoms with Gasteiger partial charge >= 0.3 is 0 Å². The number of benzene rings is 2. The van der Waals surface area contributed by atoms with E-state index in [9.17, 15) is 18.8 Å². The Morgan fingerprint density at radius 1 is 0.938 bits per heavy atom. The summed E-state index contributed by atoms with van der Waals surface area (Å²) < 4.78 is 14.6. The molecule has 0 radical (unpaired) electrons. The number of hydrogen-bond donors (Lipinski definition) is 3. The Balaban J connectivity index is 1.70. The largest absolute Gasteiger partial charge is 0.364 e. The maximum atomic E-state index is 13.0. The minimum Gasteiger partial charge on any atom is -0.364 e. The minimum absolute atomic E-state index is 0.0422. The monoisotopic (exact) mass is 437 g/mol. The summed E-state index contributed by atoms with van der Waals surface area (Å²) in [6.07, 6.45) is 1.42. The van der Waals surface area contributed by atoms with Crippen LogP contribution in [0.2, 0.25) is 0 Å². The molecule has 1 aromatic heterocycles. The number of carbonyl (C=O) groups is 3. The third-order valence-electron chi connectivity index (χ3n) is 4.44. The summed E-state index contributed by atoms with van der Waals surface area (Å²) in [7, 11) is 0. The van der Waals surface area contributed by atoms with Gasteiger partial charge in [0.1, 0.15) is 11.5 Å². The average Bonchev–Trinajstić information content (AvgIpc) is 3.12. The van der Waals surface area contributed by atoms with Crippen molar-refractivity contribution in [1.82, 2.24) is 9.55 Å². The van der Waals surface area contributed by atoms with Crippen LogP contribution in [0.15, 0.2) is 54.9 Å². The predicted molar refractivity (Wildman–Crippen MR) is 119 cm³/mol. The van der Waals surface area contributed by atoms with Crippen molar-refractivity contribution in [2.24, 2.45) is 11.1 Å².